The lowest BCUT2D eigenvalue weighted by atomic mass is 9.87. The molecule has 0 aliphatic heterocycles. The normalized spacial score (nSPS) is 20.3. The van der Waals surface area contributed by atoms with Crippen LogP contribution in [0, 0.1) is 5.41 Å². The molecule has 2 rings (SSSR count). The number of benzene rings is 1. The molecule has 1 aliphatic rings. The van der Waals surface area contributed by atoms with E-state index in [9.17, 15) is 0 Å². The fourth-order valence-electron chi connectivity index (χ4n) is 3.18. The Labute approximate surface area is 127 Å². The van der Waals surface area contributed by atoms with E-state index in [4.69, 9.17) is 14.2 Å². The maximum atomic E-state index is 5.50. The van der Waals surface area contributed by atoms with E-state index in [0.717, 1.165) is 29.4 Å². The lowest BCUT2D eigenvalue weighted by Gasteiger charge is -2.28. The molecule has 1 aromatic carbocycles. The molecule has 1 atom stereocenters. The molecule has 0 bridgehead atoms. The van der Waals surface area contributed by atoms with Crippen LogP contribution in [-0.4, -0.2) is 27.4 Å². The molecule has 1 N–H and O–H groups in total. The average molecular weight is 293 g/mol. The van der Waals surface area contributed by atoms with Gasteiger partial charge >= 0.3 is 0 Å². The number of hydrogen-bond acceptors (Lipinski definition) is 4. The minimum absolute atomic E-state index is 0.354. The van der Waals surface area contributed by atoms with Gasteiger partial charge in [0, 0.05) is 24.7 Å². The number of methoxy groups -OCH3 is 3. The molecule has 0 saturated heterocycles. The van der Waals surface area contributed by atoms with E-state index in [2.05, 4.69) is 19.2 Å². The van der Waals surface area contributed by atoms with Crippen LogP contribution in [0.2, 0.25) is 0 Å². The largest absolute Gasteiger partial charge is 0.496 e. The second-order valence-corrected chi connectivity index (χ2v) is 6.32. The molecule has 0 aromatic heterocycles. The van der Waals surface area contributed by atoms with Crippen molar-refractivity contribution < 1.29 is 14.2 Å². The lowest BCUT2D eigenvalue weighted by Crippen LogP contribution is -2.37. The Kier molecular flexibility index (Phi) is 4.99. The van der Waals surface area contributed by atoms with Crippen molar-refractivity contribution in [1.29, 1.82) is 0 Å². The Bertz CT molecular complexity index is 460. The Morgan fingerprint density at radius 1 is 1.10 bits per heavy atom. The highest BCUT2D eigenvalue weighted by molar-refractivity contribution is 5.50. The van der Waals surface area contributed by atoms with Crippen molar-refractivity contribution in [2.24, 2.45) is 5.41 Å². The van der Waals surface area contributed by atoms with Gasteiger partial charge in [0.25, 0.3) is 0 Å². The van der Waals surface area contributed by atoms with Crippen molar-refractivity contribution >= 4 is 0 Å². The fourth-order valence-corrected chi connectivity index (χ4v) is 3.18. The maximum Gasteiger partial charge on any atom is 0.130 e. The first-order valence-corrected chi connectivity index (χ1v) is 7.54. The van der Waals surface area contributed by atoms with E-state index in [1.807, 2.05) is 12.1 Å². The predicted molar refractivity (Wildman–Crippen MR) is 84.4 cm³/mol. The van der Waals surface area contributed by atoms with E-state index in [-0.39, 0.29) is 0 Å². The third-order valence-corrected chi connectivity index (χ3v) is 4.60. The lowest BCUT2D eigenvalue weighted by molar-refractivity contribution is 0.279. The molecule has 0 heterocycles. The van der Waals surface area contributed by atoms with Crippen molar-refractivity contribution in [2.75, 3.05) is 21.3 Å². The van der Waals surface area contributed by atoms with Gasteiger partial charge < -0.3 is 19.5 Å². The number of ether oxygens (including phenoxy) is 3. The van der Waals surface area contributed by atoms with Gasteiger partial charge in [-0.05, 0) is 18.3 Å². The van der Waals surface area contributed by atoms with Gasteiger partial charge in [0.15, 0.2) is 0 Å². The van der Waals surface area contributed by atoms with Gasteiger partial charge in [-0.1, -0.05) is 20.3 Å². The summed E-state index contributed by atoms with van der Waals surface area (Å²) in [4.78, 5) is 0. The molecule has 1 aromatic rings. The van der Waals surface area contributed by atoms with Gasteiger partial charge in [-0.2, -0.15) is 0 Å². The summed E-state index contributed by atoms with van der Waals surface area (Å²) in [6, 6.07) is 4.34. The highest BCUT2D eigenvalue weighted by atomic mass is 16.5. The maximum absolute atomic E-state index is 5.50. The summed E-state index contributed by atoms with van der Waals surface area (Å²) < 4.78 is 16.3. The van der Waals surface area contributed by atoms with E-state index in [0.29, 0.717) is 11.5 Å². The van der Waals surface area contributed by atoms with E-state index >= 15 is 0 Å². The second-order valence-electron chi connectivity index (χ2n) is 6.32. The van der Waals surface area contributed by atoms with E-state index in [1.165, 1.54) is 19.3 Å². The topological polar surface area (TPSA) is 39.7 Å². The molecular weight excluding hydrogens is 266 g/mol. The smallest absolute Gasteiger partial charge is 0.130 e. The fraction of sp³-hybridized carbons (Fsp3) is 0.647. The minimum atomic E-state index is 0.354. The summed E-state index contributed by atoms with van der Waals surface area (Å²) in [7, 11) is 5.00. The molecule has 0 radical (unpaired) electrons. The summed E-state index contributed by atoms with van der Waals surface area (Å²) in [6.07, 6.45) is 3.80. The Hall–Kier alpha value is -1.42. The molecule has 1 saturated carbocycles. The van der Waals surface area contributed by atoms with Crippen LogP contribution >= 0.6 is 0 Å². The minimum Gasteiger partial charge on any atom is -0.496 e. The predicted octanol–water partition coefficient (Wildman–Crippen LogP) is 3.38. The van der Waals surface area contributed by atoms with Crippen LogP contribution in [0.1, 0.15) is 38.7 Å². The second kappa shape index (κ2) is 6.56. The molecule has 0 amide bonds. The van der Waals surface area contributed by atoms with Gasteiger partial charge in [0.2, 0.25) is 0 Å². The summed E-state index contributed by atoms with van der Waals surface area (Å²) in [5.41, 5.74) is 1.40. The third kappa shape index (κ3) is 3.43. The first kappa shape index (κ1) is 16.0. The van der Waals surface area contributed by atoms with Crippen molar-refractivity contribution in [3.05, 3.63) is 17.7 Å². The Morgan fingerprint density at radius 3 is 2.14 bits per heavy atom. The van der Waals surface area contributed by atoms with Gasteiger partial charge in [0.1, 0.15) is 17.2 Å². The highest BCUT2D eigenvalue weighted by Crippen LogP contribution is 2.39. The molecule has 4 nitrogen and oxygen atoms in total. The quantitative estimate of drug-likeness (QED) is 0.873. The van der Waals surface area contributed by atoms with Crippen LogP contribution in [-0.2, 0) is 6.54 Å². The van der Waals surface area contributed by atoms with Crippen molar-refractivity contribution in [2.45, 2.75) is 45.7 Å². The summed E-state index contributed by atoms with van der Waals surface area (Å²) >= 11 is 0. The van der Waals surface area contributed by atoms with Gasteiger partial charge in [0.05, 0.1) is 26.9 Å². The molecule has 1 aliphatic carbocycles. The van der Waals surface area contributed by atoms with Crippen molar-refractivity contribution in [3.8, 4) is 17.2 Å². The Balaban J connectivity index is 2.18. The van der Waals surface area contributed by atoms with Crippen LogP contribution in [0.4, 0.5) is 0 Å². The zero-order chi connectivity index (χ0) is 15.5. The summed E-state index contributed by atoms with van der Waals surface area (Å²) in [6.45, 7) is 5.41. The number of nitrogens with one attached hydrogen (secondary N) is 1. The monoisotopic (exact) mass is 293 g/mol. The van der Waals surface area contributed by atoms with Gasteiger partial charge in [-0.15, -0.1) is 0 Å². The van der Waals surface area contributed by atoms with Gasteiger partial charge in [-0.3, -0.25) is 0 Å². The molecule has 4 heteroatoms. The summed E-state index contributed by atoms with van der Waals surface area (Å²) in [5.74, 6) is 2.35. The van der Waals surface area contributed by atoms with Crippen molar-refractivity contribution in [1.82, 2.24) is 5.32 Å². The summed E-state index contributed by atoms with van der Waals surface area (Å²) in [5, 5.41) is 3.67. The molecule has 1 unspecified atom stereocenters. The number of rotatable bonds is 6. The van der Waals surface area contributed by atoms with Crippen LogP contribution in [0.5, 0.6) is 17.2 Å². The van der Waals surface area contributed by atoms with Crippen LogP contribution in [0.25, 0.3) is 0 Å². The highest BCUT2D eigenvalue weighted by Gasteiger charge is 2.34. The van der Waals surface area contributed by atoms with E-state index < -0.39 is 0 Å². The standard InChI is InChI=1S/C17H27NO3/c1-17(2)8-6-7-16(17)18-11-13-14(20-4)9-12(19-3)10-15(13)21-5/h9-10,16,18H,6-8,11H2,1-5H3. The van der Waals surface area contributed by atoms with Crippen molar-refractivity contribution in [3.63, 3.8) is 0 Å². The van der Waals surface area contributed by atoms with Gasteiger partial charge in [-0.25, -0.2) is 0 Å². The van der Waals surface area contributed by atoms with Crippen LogP contribution in [0.3, 0.4) is 0 Å². The first-order valence-electron chi connectivity index (χ1n) is 7.54. The average Bonchev–Trinajstić information content (AvgIpc) is 2.82. The van der Waals surface area contributed by atoms with Crippen LogP contribution in [0.15, 0.2) is 12.1 Å². The molecule has 118 valence electrons. The molecule has 21 heavy (non-hydrogen) atoms. The SMILES string of the molecule is COc1cc(OC)c(CNC2CCCC2(C)C)c(OC)c1. The molecule has 1 fully saturated rings. The van der Waals surface area contributed by atoms with Crippen LogP contribution < -0.4 is 19.5 Å². The number of hydrogen-bond donors (Lipinski definition) is 1. The van der Waals surface area contributed by atoms with E-state index in [1.54, 1.807) is 21.3 Å². The zero-order valence-corrected chi connectivity index (χ0v) is 13.8. The molecular formula is C17H27NO3. The third-order valence-electron chi connectivity index (χ3n) is 4.60. The zero-order valence-electron chi connectivity index (χ0n) is 13.8. The Morgan fingerprint density at radius 2 is 1.71 bits per heavy atom. The first-order chi connectivity index (χ1) is 10.0. The molecule has 0 spiro atoms.